The number of aromatic hydroxyl groups is 1. The van der Waals surface area contributed by atoms with E-state index in [1.807, 2.05) is 12.1 Å². The van der Waals surface area contributed by atoms with Crippen LogP contribution in [0.2, 0.25) is 0 Å². The zero-order chi connectivity index (χ0) is 73.7. The lowest BCUT2D eigenvalue weighted by molar-refractivity contribution is -0.145. The van der Waals surface area contributed by atoms with Crippen molar-refractivity contribution in [1.82, 2.24) is 67.1 Å². The van der Waals surface area contributed by atoms with Crippen LogP contribution in [0, 0.1) is 0 Å². The molecule has 0 unspecified atom stereocenters. The summed E-state index contributed by atoms with van der Waals surface area (Å²) in [5.74, 6) is -12.0. The van der Waals surface area contributed by atoms with Crippen LogP contribution in [0.4, 0.5) is 0 Å². The summed E-state index contributed by atoms with van der Waals surface area (Å²) in [4.78, 5) is 177. The summed E-state index contributed by atoms with van der Waals surface area (Å²) in [6.45, 7) is 3.51. The van der Waals surface area contributed by atoms with Crippen LogP contribution in [0.1, 0.15) is 56.2 Å². The van der Waals surface area contributed by atoms with E-state index in [2.05, 4.69) is 47.5 Å². The van der Waals surface area contributed by atoms with Crippen LogP contribution in [-0.4, -0.2) is 273 Å². The van der Waals surface area contributed by atoms with E-state index in [1.165, 1.54) is 31.2 Å². The van der Waals surface area contributed by atoms with Crippen molar-refractivity contribution >= 4 is 103 Å². The Kier molecular flexibility index (Phi) is 33.0. The molecule has 0 aliphatic carbocycles. The Morgan fingerprint density at radius 1 is 0.594 bits per heavy atom. The Hall–Kier alpha value is -8.94. The molecular formula is C66H95N17O16S2. The summed E-state index contributed by atoms with van der Waals surface area (Å²) in [6.07, 6.45) is -1.47. The largest absolute Gasteiger partial charge is 0.508 e. The van der Waals surface area contributed by atoms with Gasteiger partial charge in [0.25, 0.3) is 0 Å². The summed E-state index contributed by atoms with van der Waals surface area (Å²) < 4.78 is 0. The average molecular weight is 1450 g/mol. The number of nitrogens with one attached hydrogen (secondary N) is 9. The third kappa shape index (κ3) is 27.5. The number of benzene rings is 3. The second-order valence-corrected chi connectivity index (χ2v) is 27.6. The van der Waals surface area contributed by atoms with Gasteiger partial charge >= 0.3 is 5.97 Å². The molecule has 552 valence electrons. The van der Waals surface area contributed by atoms with Gasteiger partial charge in [0.05, 0.1) is 38.4 Å². The molecule has 11 amide bonds. The molecule has 0 bridgehead atoms. The zero-order valence-corrected chi connectivity index (χ0v) is 58.1. The molecule has 0 spiro atoms. The number of carbonyl (C=O) groups excluding carboxylic acids is 11. The molecule has 2 aliphatic rings. The third-order valence-electron chi connectivity index (χ3n) is 16.9. The number of nitrogens with two attached hydrogens (primary N) is 4. The van der Waals surface area contributed by atoms with Crippen molar-refractivity contribution in [2.75, 3.05) is 96.6 Å². The molecule has 10 atom stereocenters. The van der Waals surface area contributed by atoms with Crippen molar-refractivity contribution in [1.29, 1.82) is 0 Å². The van der Waals surface area contributed by atoms with Crippen LogP contribution < -0.4 is 65.5 Å². The van der Waals surface area contributed by atoms with Gasteiger partial charge in [0.2, 0.25) is 65.0 Å². The molecule has 3 heterocycles. The fraction of sp³-hybridized carbons (Fsp3) is 0.515. The van der Waals surface area contributed by atoms with E-state index in [1.54, 1.807) is 68.3 Å². The van der Waals surface area contributed by atoms with E-state index in [-0.39, 0.29) is 129 Å². The Balaban J connectivity index is 1.41. The average Bonchev–Trinajstić information content (AvgIpc) is 1.74. The minimum absolute atomic E-state index is 0.0494. The fourth-order valence-electron chi connectivity index (χ4n) is 11.4. The normalized spacial score (nSPS) is 21.8. The number of para-hydroxylation sites is 1. The number of primary amides is 3. The van der Waals surface area contributed by atoms with Crippen molar-refractivity contribution < 1.29 is 78.0 Å². The maximum atomic E-state index is 15.3. The standard InChI is InChI=1S/C66H95N17O16S2/c1-39(84)57-65(97)77-52(64(96)79-58(40(2)85)66(98)99)38-101-100-37-51(63(95)74-49(30-42-15-18-44(86)19-16-42)61(93)75-50(31-43-32-71-46-13-7-6-12-45(43)46)62(94)73-47(60(92)78-57)14-8-9-21-67)76-59(91)48(20-17-41-10-4-3-5-11-41)72-56(90)36-83-28-26-81(34-54(69)88)24-22-80(33-53(68)87)23-25-82(27-29-83)35-55(70)89/h3-7,10-13,15-16,18-19,32,39-40,47-52,57-58,71,84-86H,8-9,14,17,20-31,33-38,67H2,1-2H3,(H2,68,87)(H2,69,88)(H2,70,89)(H,72,90)(H,73,94)(H,74,95)(H,75,93)(H,76,91)(H,77,97)(H,78,92)(H,79,96)(H,98,99)/t39-,40-,47+,48-,49+,50-,51+,52+,57+,58+/m1/s1. The highest BCUT2D eigenvalue weighted by Gasteiger charge is 2.38. The van der Waals surface area contributed by atoms with Crippen molar-refractivity contribution in [2.24, 2.45) is 22.9 Å². The summed E-state index contributed by atoms with van der Waals surface area (Å²) in [5.41, 5.74) is 25.1. The number of hydrogen-bond donors (Lipinski definition) is 17. The van der Waals surface area contributed by atoms with Gasteiger partial charge < -0.3 is 90.9 Å². The SMILES string of the molecule is C[C@@H](O)[C@H](NC(=O)[C@@H]1CSSC[C@H](NC(=O)[C@@H](CCc2ccccc2)NC(=O)CN2CCN(CC(N)=O)CCN(CC(N)=O)CCN(CC(N)=O)CC2)C(=O)N[C@@H](Cc2ccc(O)cc2)C(=O)N[C@H](Cc2c[nH]c3ccccc23)C(=O)N[C@@H](CCCCN)C(=O)N[C@@H]([C@@H](C)O)C(=O)N1)C(=O)O. The minimum Gasteiger partial charge on any atom is -0.508 e. The fourth-order valence-corrected chi connectivity index (χ4v) is 13.7. The maximum absolute atomic E-state index is 15.3. The van der Waals surface area contributed by atoms with E-state index in [0.29, 0.717) is 28.5 Å². The number of amides is 11. The molecule has 2 saturated heterocycles. The third-order valence-corrected chi connectivity index (χ3v) is 19.3. The Labute approximate surface area is 592 Å². The quantitative estimate of drug-likeness (QED) is 0.0197. The Morgan fingerprint density at radius 2 is 1.12 bits per heavy atom. The molecule has 1 aromatic heterocycles. The van der Waals surface area contributed by atoms with Gasteiger partial charge in [-0.25, -0.2) is 4.79 Å². The molecule has 21 N–H and O–H groups in total. The van der Waals surface area contributed by atoms with Crippen molar-refractivity contribution in [3.8, 4) is 5.75 Å². The number of aliphatic hydroxyl groups excluding tert-OH is 2. The Bertz CT molecular complexity index is 3430. The molecule has 33 nitrogen and oxygen atoms in total. The number of aromatic amines is 1. The smallest absolute Gasteiger partial charge is 0.328 e. The van der Waals surface area contributed by atoms with E-state index in [4.69, 9.17) is 22.9 Å². The number of aryl methyl sites for hydroxylation is 1. The number of carboxylic acid groups (broad SMARTS) is 1. The minimum atomic E-state index is -1.90. The number of phenolic OH excluding ortho intramolecular Hbond substituents is 1. The number of phenols is 1. The number of rotatable bonds is 27. The number of aromatic nitrogens is 1. The highest BCUT2D eigenvalue weighted by molar-refractivity contribution is 8.76. The lowest BCUT2D eigenvalue weighted by Crippen LogP contribution is -2.62. The van der Waals surface area contributed by atoms with Gasteiger partial charge in [0.15, 0.2) is 6.04 Å². The molecule has 2 aliphatic heterocycles. The molecule has 0 radical (unpaired) electrons. The van der Waals surface area contributed by atoms with Crippen LogP contribution in [0.5, 0.6) is 5.75 Å². The lowest BCUT2D eigenvalue weighted by atomic mass is 10.0. The maximum Gasteiger partial charge on any atom is 0.328 e. The predicted molar refractivity (Wildman–Crippen MR) is 376 cm³/mol. The molecule has 35 heteroatoms. The molecule has 4 aromatic rings. The molecule has 6 rings (SSSR count). The van der Waals surface area contributed by atoms with Gasteiger partial charge in [-0.3, -0.25) is 72.3 Å². The van der Waals surface area contributed by atoms with Crippen LogP contribution >= 0.6 is 21.6 Å². The number of fused-ring (bicyclic) bond motifs is 1. The topological polar surface area (TPSA) is 515 Å². The van der Waals surface area contributed by atoms with E-state index < -0.39 is 143 Å². The lowest BCUT2D eigenvalue weighted by Gasteiger charge is -2.33. The number of carbonyl (C=O) groups is 12. The van der Waals surface area contributed by atoms with Crippen molar-refractivity contribution in [2.45, 2.75) is 119 Å². The number of nitrogens with zero attached hydrogens (tertiary/aromatic N) is 4. The number of carboxylic acids is 1. The van der Waals surface area contributed by atoms with Gasteiger partial charge in [-0.15, -0.1) is 0 Å². The molecule has 101 heavy (non-hydrogen) atoms. The first kappa shape index (κ1) is 81.0. The summed E-state index contributed by atoms with van der Waals surface area (Å²) in [6, 6.07) is 8.79. The molecule has 2 fully saturated rings. The van der Waals surface area contributed by atoms with Gasteiger partial charge in [0.1, 0.15) is 48.0 Å². The molecule has 0 saturated carbocycles. The zero-order valence-electron chi connectivity index (χ0n) is 56.5. The predicted octanol–water partition coefficient (Wildman–Crippen LogP) is -4.78. The van der Waals surface area contributed by atoms with Gasteiger partial charge in [0, 0.05) is 93.8 Å². The van der Waals surface area contributed by atoms with Crippen LogP contribution in [-0.2, 0) is 76.8 Å². The number of aliphatic hydroxyl groups is 2. The first-order valence-electron chi connectivity index (χ1n) is 33.2. The summed E-state index contributed by atoms with van der Waals surface area (Å²) >= 11 is 0. The second kappa shape index (κ2) is 41.1. The number of aliphatic carboxylic acids is 1. The second-order valence-electron chi connectivity index (χ2n) is 25.0. The van der Waals surface area contributed by atoms with E-state index in [0.717, 1.165) is 34.1 Å². The first-order valence-corrected chi connectivity index (χ1v) is 35.7. The first-order chi connectivity index (χ1) is 48.2. The monoisotopic (exact) mass is 1450 g/mol. The molecule has 3 aromatic carbocycles. The van der Waals surface area contributed by atoms with Crippen LogP contribution in [0.3, 0.4) is 0 Å². The molecular weight excluding hydrogens is 1350 g/mol. The van der Waals surface area contributed by atoms with Crippen LogP contribution in [0.25, 0.3) is 10.9 Å². The highest BCUT2D eigenvalue weighted by Crippen LogP contribution is 2.25. The number of H-pyrrole nitrogens is 1. The summed E-state index contributed by atoms with van der Waals surface area (Å²) in [5, 5.41) is 63.5. The number of unbranched alkanes of at least 4 members (excludes halogenated alkanes) is 1. The highest BCUT2D eigenvalue weighted by atomic mass is 33.1. The van der Waals surface area contributed by atoms with Gasteiger partial charge in [-0.05, 0) is 87.4 Å². The Morgan fingerprint density at radius 3 is 1.67 bits per heavy atom. The van der Waals surface area contributed by atoms with Crippen molar-refractivity contribution in [3.63, 3.8) is 0 Å². The van der Waals surface area contributed by atoms with E-state index in [9.17, 15) is 63.6 Å². The van der Waals surface area contributed by atoms with Crippen LogP contribution in [0.15, 0.2) is 85.1 Å². The van der Waals surface area contributed by atoms with Crippen molar-refractivity contribution in [3.05, 3.63) is 102 Å². The summed E-state index contributed by atoms with van der Waals surface area (Å²) in [7, 11) is 1.71. The van der Waals surface area contributed by atoms with Gasteiger partial charge in [-0.2, -0.15) is 0 Å². The number of hydrogen-bond acceptors (Lipinski definition) is 22. The van der Waals surface area contributed by atoms with E-state index >= 15 is 14.4 Å². The van der Waals surface area contributed by atoms with Gasteiger partial charge in [-0.1, -0.05) is 82.3 Å².